The molecule has 0 aromatic heterocycles. The fourth-order valence-corrected chi connectivity index (χ4v) is 4.80. The minimum atomic E-state index is -4.57. The molecule has 1 N–H and O–H groups in total. The lowest BCUT2D eigenvalue weighted by Gasteiger charge is -2.54. The maximum atomic E-state index is 13.4. The minimum absolute atomic E-state index is 0.222. The Kier molecular flexibility index (Phi) is 5.38. The van der Waals surface area contributed by atoms with Crippen LogP contribution in [0.1, 0.15) is 59.6 Å². The highest BCUT2D eigenvalue weighted by atomic mass is 19.4. The largest absolute Gasteiger partial charge is 0.417 e. The predicted octanol–water partition coefficient (Wildman–Crippen LogP) is 5.20. The van der Waals surface area contributed by atoms with Crippen molar-refractivity contribution in [3.63, 3.8) is 0 Å². The van der Waals surface area contributed by atoms with Crippen LogP contribution in [0.15, 0.2) is 54.6 Å². The Bertz CT molecular complexity index is 856. The van der Waals surface area contributed by atoms with Crippen LogP contribution in [0, 0.1) is 0 Å². The highest BCUT2D eigenvalue weighted by Gasteiger charge is 2.50. The molecule has 0 bridgehead atoms. The molecule has 154 valence electrons. The number of nitrogens with zero attached hydrogens (tertiary/aromatic N) is 1. The molecule has 2 aromatic carbocycles. The van der Waals surface area contributed by atoms with E-state index in [9.17, 15) is 18.0 Å². The van der Waals surface area contributed by atoms with E-state index >= 15 is 0 Å². The van der Waals surface area contributed by atoms with Gasteiger partial charge < -0.3 is 5.32 Å². The van der Waals surface area contributed by atoms with E-state index < -0.39 is 17.6 Å². The number of benzene rings is 2. The smallest absolute Gasteiger partial charge is 0.343 e. The van der Waals surface area contributed by atoms with Crippen molar-refractivity contribution in [1.29, 1.82) is 0 Å². The van der Waals surface area contributed by atoms with Crippen molar-refractivity contribution < 1.29 is 18.0 Å². The monoisotopic (exact) mass is 402 g/mol. The van der Waals surface area contributed by atoms with Gasteiger partial charge in [0.15, 0.2) is 0 Å². The number of nitrogens with one attached hydrogen (secondary N) is 1. The Morgan fingerprint density at radius 1 is 0.931 bits per heavy atom. The number of amides is 1. The van der Waals surface area contributed by atoms with E-state index in [0.29, 0.717) is 0 Å². The van der Waals surface area contributed by atoms with E-state index in [1.165, 1.54) is 18.2 Å². The summed E-state index contributed by atoms with van der Waals surface area (Å²) in [5.41, 5.74) is -0.498. The van der Waals surface area contributed by atoms with Crippen LogP contribution in [0.4, 0.5) is 13.2 Å². The van der Waals surface area contributed by atoms with Crippen molar-refractivity contribution in [2.75, 3.05) is 13.1 Å². The highest BCUT2D eigenvalue weighted by molar-refractivity contribution is 5.96. The molecule has 1 saturated heterocycles. The molecule has 1 atom stereocenters. The molecule has 2 fully saturated rings. The number of rotatable bonds is 5. The summed E-state index contributed by atoms with van der Waals surface area (Å²) in [6.45, 7) is 1.94. The molecule has 1 heterocycles. The molecule has 1 saturated carbocycles. The summed E-state index contributed by atoms with van der Waals surface area (Å²) in [5.74, 6) is -0.669. The summed E-state index contributed by atoms with van der Waals surface area (Å²) < 4.78 is 40.3. The van der Waals surface area contributed by atoms with Crippen molar-refractivity contribution in [3.8, 4) is 0 Å². The number of hydrogen-bond acceptors (Lipinski definition) is 2. The third kappa shape index (κ3) is 3.78. The van der Waals surface area contributed by atoms with Gasteiger partial charge in [-0.2, -0.15) is 13.2 Å². The summed E-state index contributed by atoms with van der Waals surface area (Å²) in [6, 6.07) is 14.3. The first-order valence-electron chi connectivity index (χ1n) is 10.2. The van der Waals surface area contributed by atoms with Crippen LogP contribution in [0.3, 0.4) is 0 Å². The quantitative estimate of drug-likeness (QED) is 0.746. The minimum Gasteiger partial charge on any atom is -0.343 e. The number of halogens is 3. The van der Waals surface area contributed by atoms with E-state index in [-0.39, 0.29) is 17.1 Å². The van der Waals surface area contributed by atoms with Crippen molar-refractivity contribution >= 4 is 5.91 Å². The molecule has 1 amide bonds. The first-order chi connectivity index (χ1) is 13.9. The average molecular weight is 402 g/mol. The number of hydrogen-bond donors (Lipinski definition) is 1. The third-order valence-corrected chi connectivity index (χ3v) is 6.38. The molecule has 0 radical (unpaired) electrons. The standard InChI is InChI=1S/C23H25F3N2O/c24-23(25,26)19-12-5-4-11-18(19)21(29)27-20(17-9-2-1-3-10-17)22(13-8-14-22)28-15-6-7-16-28/h1-5,9-12,20H,6-8,13-16H2,(H,27,29). The topological polar surface area (TPSA) is 32.3 Å². The molecule has 29 heavy (non-hydrogen) atoms. The van der Waals surface area contributed by atoms with Crippen molar-refractivity contribution in [2.45, 2.75) is 49.9 Å². The molecule has 2 aromatic rings. The summed E-state index contributed by atoms with van der Waals surface area (Å²) in [5, 5.41) is 3.00. The lowest BCUT2D eigenvalue weighted by atomic mass is 9.68. The zero-order valence-electron chi connectivity index (χ0n) is 16.2. The van der Waals surface area contributed by atoms with Crippen molar-refractivity contribution in [1.82, 2.24) is 10.2 Å². The fourth-order valence-electron chi connectivity index (χ4n) is 4.80. The van der Waals surface area contributed by atoms with Crippen molar-refractivity contribution in [3.05, 3.63) is 71.3 Å². The van der Waals surface area contributed by atoms with Gasteiger partial charge in [-0.25, -0.2) is 0 Å². The summed E-state index contributed by atoms with van der Waals surface area (Å²) in [6.07, 6.45) is 0.609. The van der Waals surface area contributed by atoms with Gasteiger partial charge in [-0.05, 0) is 62.9 Å². The van der Waals surface area contributed by atoms with Crippen LogP contribution in [0.2, 0.25) is 0 Å². The molecule has 2 aliphatic rings. The Balaban J connectivity index is 1.70. The van der Waals surface area contributed by atoms with Gasteiger partial charge in [-0.1, -0.05) is 42.5 Å². The second kappa shape index (κ2) is 7.82. The maximum absolute atomic E-state index is 13.4. The number of alkyl halides is 3. The van der Waals surface area contributed by atoms with Gasteiger partial charge in [0.1, 0.15) is 0 Å². The summed E-state index contributed by atoms with van der Waals surface area (Å²) in [4.78, 5) is 15.5. The Hall–Kier alpha value is -2.34. The number of likely N-dealkylation sites (tertiary alicyclic amines) is 1. The summed E-state index contributed by atoms with van der Waals surface area (Å²) in [7, 11) is 0. The molecular weight excluding hydrogens is 377 g/mol. The maximum Gasteiger partial charge on any atom is 0.417 e. The lowest BCUT2D eigenvalue weighted by molar-refractivity contribution is -0.137. The lowest BCUT2D eigenvalue weighted by Crippen LogP contribution is -2.60. The predicted molar refractivity (Wildman–Crippen MR) is 105 cm³/mol. The molecule has 0 spiro atoms. The van der Waals surface area contributed by atoms with E-state index in [1.807, 2.05) is 30.3 Å². The van der Waals surface area contributed by atoms with Gasteiger partial charge in [0.2, 0.25) is 0 Å². The Morgan fingerprint density at radius 3 is 2.14 bits per heavy atom. The fraction of sp³-hybridized carbons (Fsp3) is 0.435. The molecular formula is C23H25F3N2O. The average Bonchev–Trinajstić information content (AvgIpc) is 3.21. The number of carbonyl (C=O) groups is 1. The van der Waals surface area contributed by atoms with Gasteiger partial charge in [0.05, 0.1) is 17.2 Å². The molecule has 1 unspecified atom stereocenters. The Labute approximate surface area is 168 Å². The van der Waals surface area contributed by atoms with Crippen LogP contribution >= 0.6 is 0 Å². The second-order valence-electron chi connectivity index (χ2n) is 8.01. The van der Waals surface area contributed by atoms with E-state index in [0.717, 1.165) is 56.8 Å². The van der Waals surface area contributed by atoms with Crippen molar-refractivity contribution in [2.24, 2.45) is 0 Å². The Morgan fingerprint density at radius 2 is 1.55 bits per heavy atom. The third-order valence-electron chi connectivity index (χ3n) is 6.38. The first kappa shape index (κ1) is 20.0. The van der Waals surface area contributed by atoms with Crippen LogP contribution in [0.5, 0.6) is 0 Å². The highest BCUT2D eigenvalue weighted by Crippen LogP contribution is 2.48. The number of carbonyl (C=O) groups excluding carboxylic acids is 1. The molecule has 1 aliphatic carbocycles. The van der Waals surface area contributed by atoms with Gasteiger partial charge in [0, 0.05) is 5.54 Å². The molecule has 3 nitrogen and oxygen atoms in total. The van der Waals surface area contributed by atoms with Crippen LogP contribution in [-0.2, 0) is 6.18 Å². The normalized spacial score (nSPS) is 20.1. The van der Waals surface area contributed by atoms with E-state index in [1.54, 1.807) is 0 Å². The van der Waals surface area contributed by atoms with Crippen LogP contribution in [0.25, 0.3) is 0 Å². The SMILES string of the molecule is O=C(NC(c1ccccc1)C1(N2CCCC2)CCC1)c1ccccc1C(F)(F)F. The van der Waals surface area contributed by atoms with E-state index in [2.05, 4.69) is 10.2 Å². The zero-order valence-corrected chi connectivity index (χ0v) is 16.2. The van der Waals surface area contributed by atoms with Gasteiger partial charge in [-0.15, -0.1) is 0 Å². The first-order valence-corrected chi connectivity index (χ1v) is 10.2. The van der Waals surface area contributed by atoms with Crippen LogP contribution in [-0.4, -0.2) is 29.4 Å². The summed E-state index contributed by atoms with van der Waals surface area (Å²) >= 11 is 0. The molecule has 1 aliphatic heterocycles. The zero-order chi connectivity index (χ0) is 20.5. The molecule has 6 heteroatoms. The molecule has 4 rings (SSSR count). The van der Waals surface area contributed by atoms with Gasteiger partial charge >= 0.3 is 6.18 Å². The second-order valence-corrected chi connectivity index (χ2v) is 8.01. The van der Waals surface area contributed by atoms with Gasteiger partial charge in [-0.3, -0.25) is 9.69 Å². The van der Waals surface area contributed by atoms with Crippen LogP contribution < -0.4 is 5.32 Å². The van der Waals surface area contributed by atoms with E-state index in [4.69, 9.17) is 0 Å². The van der Waals surface area contributed by atoms with Gasteiger partial charge in [0.25, 0.3) is 5.91 Å².